The molecule has 0 saturated heterocycles. The maximum atomic E-state index is 12.6. The molecule has 0 bridgehead atoms. The van der Waals surface area contributed by atoms with E-state index in [2.05, 4.69) is 27.8 Å². The third-order valence-electron chi connectivity index (χ3n) is 6.42. The Hall–Kier alpha value is -1.74. The van der Waals surface area contributed by atoms with Gasteiger partial charge in [0.05, 0.1) is 22.5 Å². The summed E-state index contributed by atoms with van der Waals surface area (Å²) < 4.78 is 28.6. The zero-order chi connectivity index (χ0) is 21.0. The summed E-state index contributed by atoms with van der Waals surface area (Å²) in [5, 5.41) is 2.23. The Labute approximate surface area is 182 Å². The third-order valence-corrected chi connectivity index (χ3v) is 9.23. The van der Waals surface area contributed by atoms with E-state index in [4.69, 9.17) is 4.98 Å². The van der Waals surface area contributed by atoms with E-state index >= 15 is 0 Å². The van der Waals surface area contributed by atoms with Gasteiger partial charge in [-0.2, -0.15) is 0 Å². The first-order valence-electron chi connectivity index (χ1n) is 10.6. The van der Waals surface area contributed by atoms with Crippen molar-refractivity contribution in [2.24, 2.45) is 5.92 Å². The van der Waals surface area contributed by atoms with Crippen molar-refractivity contribution in [2.75, 3.05) is 20.6 Å². The number of rotatable bonds is 6. The molecule has 1 aromatic carbocycles. The molecule has 0 radical (unpaired) electrons. The lowest BCUT2D eigenvalue weighted by Crippen LogP contribution is -2.36. The van der Waals surface area contributed by atoms with Crippen LogP contribution in [0.2, 0.25) is 0 Å². The molecule has 2 aromatic heterocycles. The quantitative estimate of drug-likeness (QED) is 0.579. The molecule has 1 fully saturated rings. The van der Waals surface area contributed by atoms with Gasteiger partial charge in [-0.3, -0.25) is 4.90 Å². The summed E-state index contributed by atoms with van der Waals surface area (Å²) in [5.41, 5.74) is 3.28. The first kappa shape index (κ1) is 20.2. The van der Waals surface area contributed by atoms with Gasteiger partial charge in [-0.05, 0) is 67.3 Å². The SMILES string of the molecule is CCn1c(CN2CCc3sccc3[C@H]2C2CC2)nc2cc(S(=O)(=O)N(C)C)ccc21. The number of benzene rings is 1. The maximum absolute atomic E-state index is 12.6. The molecule has 1 saturated carbocycles. The molecule has 0 unspecified atom stereocenters. The van der Waals surface area contributed by atoms with Crippen molar-refractivity contribution in [1.82, 2.24) is 18.8 Å². The van der Waals surface area contributed by atoms with Gasteiger partial charge in [0.1, 0.15) is 5.82 Å². The molecule has 0 amide bonds. The van der Waals surface area contributed by atoms with Crippen LogP contribution in [0.15, 0.2) is 34.5 Å². The molecule has 3 aromatic rings. The van der Waals surface area contributed by atoms with Crippen LogP contribution in [0.1, 0.15) is 42.1 Å². The smallest absolute Gasteiger partial charge is 0.242 e. The highest BCUT2D eigenvalue weighted by Crippen LogP contribution is 2.48. The Kier molecular flexibility index (Phi) is 5.01. The standard InChI is InChI=1S/C22H28N4O2S2/c1-4-26-19-8-7-16(30(27,28)24(2)3)13-18(19)23-21(26)14-25-11-9-20-17(10-12-29-20)22(25)15-5-6-15/h7-8,10,12-13,15,22H,4-6,9,11,14H2,1-3H3/t22-/m1/s1. The van der Waals surface area contributed by atoms with Crippen molar-refractivity contribution in [3.8, 4) is 0 Å². The van der Waals surface area contributed by atoms with Gasteiger partial charge in [-0.1, -0.05) is 0 Å². The fourth-order valence-corrected chi connectivity index (χ4v) is 6.56. The Balaban J connectivity index is 1.51. The molecule has 2 aliphatic rings. The zero-order valence-corrected chi connectivity index (χ0v) is 19.3. The van der Waals surface area contributed by atoms with Crippen molar-refractivity contribution in [3.63, 3.8) is 0 Å². The minimum Gasteiger partial charge on any atom is -0.327 e. The van der Waals surface area contributed by atoms with Gasteiger partial charge in [-0.15, -0.1) is 11.3 Å². The maximum Gasteiger partial charge on any atom is 0.242 e. The van der Waals surface area contributed by atoms with Crippen LogP contribution >= 0.6 is 11.3 Å². The first-order valence-corrected chi connectivity index (χ1v) is 12.9. The highest BCUT2D eigenvalue weighted by molar-refractivity contribution is 7.89. The van der Waals surface area contributed by atoms with Crippen molar-refractivity contribution in [3.05, 3.63) is 45.9 Å². The molecular formula is C22H28N4O2S2. The van der Waals surface area contributed by atoms with E-state index in [0.29, 0.717) is 10.9 Å². The van der Waals surface area contributed by atoms with Crippen LogP contribution < -0.4 is 0 Å². The molecule has 30 heavy (non-hydrogen) atoms. The number of nitrogens with zero attached hydrogens (tertiary/aromatic N) is 4. The molecule has 5 rings (SSSR count). The van der Waals surface area contributed by atoms with Gasteiger partial charge in [-0.25, -0.2) is 17.7 Å². The molecule has 3 heterocycles. The van der Waals surface area contributed by atoms with E-state index < -0.39 is 10.0 Å². The number of fused-ring (bicyclic) bond motifs is 2. The number of aryl methyl sites for hydroxylation is 1. The fraction of sp³-hybridized carbons (Fsp3) is 0.500. The summed E-state index contributed by atoms with van der Waals surface area (Å²) in [7, 11) is -0.353. The van der Waals surface area contributed by atoms with E-state index in [9.17, 15) is 8.42 Å². The summed E-state index contributed by atoms with van der Waals surface area (Å²) in [6.45, 7) is 4.80. The Morgan fingerprint density at radius 1 is 1.23 bits per heavy atom. The lowest BCUT2D eigenvalue weighted by Gasteiger charge is -2.36. The molecule has 0 spiro atoms. The largest absolute Gasteiger partial charge is 0.327 e. The summed E-state index contributed by atoms with van der Waals surface area (Å²) in [6.07, 6.45) is 3.73. The average Bonchev–Trinajstić information content (AvgIpc) is 3.33. The van der Waals surface area contributed by atoms with Crippen LogP contribution in [0.25, 0.3) is 11.0 Å². The van der Waals surface area contributed by atoms with Gasteiger partial charge in [0.2, 0.25) is 10.0 Å². The van der Waals surface area contributed by atoms with Crippen LogP contribution in [0.5, 0.6) is 0 Å². The van der Waals surface area contributed by atoms with E-state index in [1.54, 1.807) is 31.1 Å². The Morgan fingerprint density at radius 2 is 2.03 bits per heavy atom. The first-order chi connectivity index (χ1) is 14.4. The minimum absolute atomic E-state index is 0.295. The molecule has 0 N–H and O–H groups in total. The molecule has 1 aliphatic heterocycles. The third kappa shape index (κ3) is 3.30. The van der Waals surface area contributed by atoms with Gasteiger partial charge < -0.3 is 4.57 Å². The van der Waals surface area contributed by atoms with Gasteiger partial charge in [0.15, 0.2) is 0 Å². The molecule has 1 atom stereocenters. The summed E-state index contributed by atoms with van der Waals surface area (Å²) in [4.78, 5) is 9.35. The number of hydrogen-bond donors (Lipinski definition) is 0. The van der Waals surface area contributed by atoms with E-state index in [0.717, 1.165) is 48.8 Å². The number of sulfonamides is 1. The normalized spacial score (nSPS) is 20.2. The van der Waals surface area contributed by atoms with E-state index in [-0.39, 0.29) is 0 Å². The topological polar surface area (TPSA) is 58.4 Å². The lowest BCUT2D eigenvalue weighted by molar-refractivity contribution is 0.152. The molecular weight excluding hydrogens is 416 g/mol. The summed E-state index contributed by atoms with van der Waals surface area (Å²) in [5.74, 6) is 1.78. The van der Waals surface area contributed by atoms with E-state index in [1.165, 1.54) is 22.7 Å². The highest BCUT2D eigenvalue weighted by atomic mass is 32.2. The van der Waals surface area contributed by atoms with Gasteiger partial charge >= 0.3 is 0 Å². The predicted molar refractivity (Wildman–Crippen MR) is 120 cm³/mol. The van der Waals surface area contributed by atoms with E-state index in [1.807, 2.05) is 17.4 Å². The number of thiophene rings is 1. The van der Waals surface area contributed by atoms with Gasteiger partial charge in [0, 0.05) is 38.1 Å². The highest BCUT2D eigenvalue weighted by Gasteiger charge is 2.40. The second-order valence-electron chi connectivity index (χ2n) is 8.51. The second kappa shape index (κ2) is 7.44. The van der Waals surface area contributed by atoms with Crippen LogP contribution in [0.4, 0.5) is 0 Å². The molecule has 160 valence electrons. The Morgan fingerprint density at radius 3 is 2.73 bits per heavy atom. The van der Waals surface area contributed by atoms with Crippen LogP contribution in [-0.4, -0.2) is 47.8 Å². The van der Waals surface area contributed by atoms with Crippen LogP contribution in [0.3, 0.4) is 0 Å². The molecule has 6 nitrogen and oxygen atoms in total. The summed E-state index contributed by atoms with van der Waals surface area (Å²) >= 11 is 1.89. The van der Waals surface area contributed by atoms with Crippen molar-refractivity contribution >= 4 is 32.4 Å². The van der Waals surface area contributed by atoms with Crippen LogP contribution in [0, 0.1) is 5.92 Å². The fourth-order valence-electron chi connectivity index (χ4n) is 4.73. The predicted octanol–water partition coefficient (Wildman–Crippen LogP) is 3.88. The monoisotopic (exact) mass is 444 g/mol. The Bertz CT molecular complexity index is 1190. The van der Waals surface area contributed by atoms with Gasteiger partial charge in [0.25, 0.3) is 0 Å². The molecule has 8 heteroatoms. The van der Waals surface area contributed by atoms with Crippen molar-refractivity contribution < 1.29 is 8.42 Å². The van der Waals surface area contributed by atoms with Crippen molar-refractivity contribution in [2.45, 2.75) is 50.2 Å². The number of imidazole rings is 1. The number of aromatic nitrogens is 2. The van der Waals surface area contributed by atoms with Crippen LogP contribution in [-0.2, 0) is 29.5 Å². The lowest BCUT2D eigenvalue weighted by atomic mass is 9.96. The number of hydrogen-bond acceptors (Lipinski definition) is 5. The zero-order valence-electron chi connectivity index (χ0n) is 17.7. The molecule has 1 aliphatic carbocycles. The summed E-state index contributed by atoms with van der Waals surface area (Å²) in [6, 6.07) is 8.12. The average molecular weight is 445 g/mol. The minimum atomic E-state index is -3.47. The van der Waals surface area contributed by atoms with Crippen molar-refractivity contribution in [1.29, 1.82) is 0 Å². The second-order valence-corrected chi connectivity index (χ2v) is 11.7.